The molecule has 0 atom stereocenters. The van der Waals surface area contributed by atoms with E-state index in [1.165, 1.54) is 0 Å². The predicted molar refractivity (Wildman–Crippen MR) is 164 cm³/mol. The molecule has 0 saturated carbocycles. The van der Waals surface area contributed by atoms with Crippen LogP contribution in [0.25, 0.3) is 44.8 Å². The average molecular weight is 557 g/mol. The maximum Gasteiger partial charge on any atom is 0.253 e. The molecule has 42 heavy (non-hydrogen) atoms. The van der Waals surface area contributed by atoms with Gasteiger partial charge in [-0.3, -0.25) is 4.79 Å². The number of fused-ring (bicyclic) bond motifs is 1. The van der Waals surface area contributed by atoms with Crippen LogP contribution in [-0.2, 0) is 13.0 Å². The Hall–Kier alpha value is -5.18. The van der Waals surface area contributed by atoms with Crippen LogP contribution >= 0.6 is 0 Å². The highest BCUT2D eigenvalue weighted by Gasteiger charge is 2.16. The summed E-state index contributed by atoms with van der Waals surface area (Å²) >= 11 is 0. The Morgan fingerprint density at radius 1 is 0.857 bits per heavy atom. The third kappa shape index (κ3) is 5.05. The molecule has 3 aromatic heterocycles. The summed E-state index contributed by atoms with van der Waals surface area (Å²) in [6.07, 6.45) is 0.831. The van der Waals surface area contributed by atoms with Crippen molar-refractivity contribution in [2.24, 2.45) is 0 Å². The van der Waals surface area contributed by atoms with E-state index in [0.29, 0.717) is 17.9 Å². The maximum absolute atomic E-state index is 12.4. The number of hydrogen-bond donors (Lipinski definition) is 1. The molecule has 9 heteroatoms. The molecule has 0 spiro atoms. The highest BCUT2D eigenvalue weighted by atomic mass is 16.2. The standard InChI is InChI=1S/C33H32N8O/c1-6-29-35-30-20(2)17-21(3)34-32(30)41(29)19-22-7-9-24(10-8-22)28-18-26(15-16-27(28)31-36-38-39-37-31)23-11-13-25(14-12-23)33(42)40(4)5/h7-18H,6,19H2,1-5H3,(H,36,37,38,39). The number of aromatic amines is 1. The highest BCUT2D eigenvalue weighted by Crippen LogP contribution is 2.34. The Balaban J connectivity index is 1.36. The van der Waals surface area contributed by atoms with Gasteiger partial charge < -0.3 is 9.47 Å². The third-order valence-corrected chi connectivity index (χ3v) is 7.50. The maximum atomic E-state index is 12.4. The second kappa shape index (κ2) is 11.0. The lowest BCUT2D eigenvalue weighted by Crippen LogP contribution is -2.21. The summed E-state index contributed by atoms with van der Waals surface area (Å²) < 4.78 is 2.22. The fourth-order valence-electron chi connectivity index (χ4n) is 5.35. The number of nitrogens with zero attached hydrogens (tertiary/aromatic N) is 7. The van der Waals surface area contributed by atoms with E-state index in [1.54, 1.807) is 19.0 Å². The number of amides is 1. The lowest BCUT2D eigenvalue weighted by Gasteiger charge is -2.13. The van der Waals surface area contributed by atoms with Gasteiger partial charge in [0.15, 0.2) is 5.65 Å². The molecule has 0 saturated heterocycles. The van der Waals surface area contributed by atoms with Crippen LogP contribution in [0.2, 0.25) is 0 Å². The molecular weight excluding hydrogens is 524 g/mol. The lowest BCUT2D eigenvalue weighted by atomic mass is 9.93. The van der Waals surface area contributed by atoms with Crippen LogP contribution in [0.4, 0.5) is 0 Å². The van der Waals surface area contributed by atoms with Crippen LogP contribution in [0.1, 0.15) is 39.9 Å². The molecule has 0 radical (unpaired) electrons. The molecule has 0 fully saturated rings. The fourth-order valence-corrected chi connectivity index (χ4v) is 5.35. The van der Waals surface area contributed by atoms with E-state index in [4.69, 9.17) is 9.97 Å². The van der Waals surface area contributed by atoms with Gasteiger partial charge in [0.1, 0.15) is 11.3 Å². The molecule has 9 nitrogen and oxygen atoms in total. The molecule has 0 bridgehead atoms. The first-order chi connectivity index (χ1) is 20.3. The number of imidazole rings is 1. The quantitative estimate of drug-likeness (QED) is 0.263. The summed E-state index contributed by atoms with van der Waals surface area (Å²) in [6.45, 7) is 6.93. The lowest BCUT2D eigenvalue weighted by molar-refractivity contribution is 0.0827. The minimum atomic E-state index is -0.0226. The van der Waals surface area contributed by atoms with E-state index >= 15 is 0 Å². The molecule has 0 aliphatic heterocycles. The van der Waals surface area contributed by atoms with E-state index < -0.39 is 0 Å². The van der Waals surface area contributed by atoms with Crippen molar-refractivity contribution >= 4 is 17.1 Å². The van der Waals surface area contributed by atoms with Gasteiger partial charge in [0.05, 0.1) is 6.54 Å². The van der Waals surface area contributed by atoms with E-state index in [9.17, 15) is 4.79 Å². The highest BCUT2D eigenvalue weighted by molar-refractivity contribution is 5.94. The molecule has 3 aromatic carbocycles. The summed E-state index contributed by atoms with van der Waals surface area (Å²) in [6, 6.07) is 24.5. The van der Waals surface area contributed by atoms with Gasteiger partial charge in [0, 0.05) is 37.3 Å². The van der Waals surface area contributed by atoms with Crippen molar-refractivity contribution in [2.75, 3.05) is 14.1 Å². The number of aryl methyl sites for hydroxylation is 3. The fraction of sp³-hybridized carbons (Fsp3) is 0.212. The molecule has 0 aliphatic rings. The van der Waals surface area contributed by atoms with Crippen molar-refractivity contribution in [3.8, 4) is 33.6 Å². The minimum absolute atomic E-state index is 0.0226. The Morgan fingerprint density at radius 3 is 2.24 bits per heavy atom. The van der Waals surface area contributed by atoms with Crippen LogP contribution < -0.4 is 0 Å². The van der Waals surface area contributed by atoms with Gasteiger partial charge in [-0.1, -0.05) is 49.4 Å². The van der Waals surface area contributed by atoms with Crippen LogP contribution in [0.15, 0.2) is 72.8 Å². The first-order valence-electron chi connectivity index (χ1n) is 13.9. The second-order valence-electron chi connectivity index (χ2n) is 10.7. The van der Waals surface area contributed by atoms with Crippen LogP contribution in [0.5, 0.6) is 0 Å². The van der Waals surface area contributed by atoms with E-state index in [-0.39, 0.29) is 5.91 Å². The zero-order valence-electron chi connectivity index (χ0n) is 24.4. The first-order valence-corrected chi connectivity index (χ1v) is 13.9. The van der Waals surface area contributed by atoms with Crippen molar-refractivity contribution in [1.29, 1.82) is 0 Å². The van der Waals surface area contributed by atoms with Crippen molar-refractivity contribution in [3.63, 3.8) is 0 Å². The SMILES string of the molecule is CCc1nc2c(C)cc(C)nc2n1Cc1ccc(-c2cc(-c3ccc(C(=O)N(C)C)cc3)ccc2-c2nn[nH]n2)cc1. The van der Waals surface area contributed by atoms with Crippen LogP contribution in [0, 0.1) is 13.8 Å². The number of carbonyl (C=O) groups excluding carboxylic acids is 1. The Labute approximate surface area is 244 Å². The van der Waals surface area contributed by atoms with Crippen molar-refractivity contribution in [2.45, 2.75) is 33.7 Å². The Kier molecular flexibility index (Phi) is 7.08. The third-order valence-electron chi connectivity index (χ3n) is 7.50. The summed E-state index contributed by atoms with van der Waals surface area (Å²) in [4.78, 5) is 23.7. The summed E-state index contributed by atoms with van der Waals surface area (Å²) in [5.74, 6) is 1.54. The average Bonchev–Trinajstić information content (AvgIpc) is 3.66. The first kappa shape index (κ1) is 27.0. The van der Waals surface area contributed by atoms with Crippen LogP contribution in [-0.4, -0.2) is 60.1 Å². The molecule has 0 unspecified atom stereocenters. The number of pyridine rings is 1. The van der Waals surface area contributed by atoms with Gasteiger partial charge >= 0.3 is 0 Å². The van der Waals surface area contributed by atoms with E-state index in [1.807, 2.05) is 43.3 Å². The van der Waals surface area contributed by atoms with Crippen molar-refractivity contribution < 1.29 is 4.79 Å². The molecule has 1 N–H and O–H groups in total. The number of carbonyl (C=O) groups is 1. The molecular formula is C33H32N8O. The monoisotopic (exact) mass is 556 g/mol. The van der Waals surface area contributed by atoms with Crippen molar-refractivity contribution in [1.82, 2.24) is 40.1 Å². The van der Waals surface area contributed by atoms with E-state index in [0.717, 1.165) is 68.0 Å². The molecule has 0 aliphatic carbocycles. The number of tetrazole rings is 1. The topological polar surface area (TPSA) is 105 Å². The number of H-pyrrole nitrogens is 1. The van der Waals surface area contributed by atoms with Crippen LogP contribution in [0.3, 0.4) is 0 Å². The summed E-state index contributed by atoms with van der Waals surface area (Å²) in [5, 5.41) is 14.8. The molecule has 1 amide bonds. The van der Waals surface area contributed by atoms with Gasteiger partial charge in [-0.05, 0) is 82.8 Å². The summed E-state index contributed by atoms with van der Waals surface area (Å²) in [5.41, 5.74) is 10.8. The van der Waals surface area contributed by atoms with Gasteiger partial charge in [0.25, 0.3) is 5.91 Å². The molecule has 210 valence electrons. The van der Waals surface area contributed by atoms with E-state index in [2.05, 4.69) is 75.4 Å². The molecule has 3 heterocycles. The smallest absolute Gasteiger partial charge is 0.253 e. The zero-order valence-corrected chi connectivity index (χ0v) is 24.4. The molecule has 6 aromatic rings. The number of hydrogen-bond acceptors (Lipinski definition) is 6. The number of benzene rings is 3. The van der Waals surface area contributed by atoms with Gasteiger partial charge in [-0.25, -0.2) is 9.97 Å². The number of aromatic nitrogens is 7. The molecule has 6 rings (SSSR count). The largest absolute Gasteiger partial charge is 0.345 e. The number of rotatable bonds is 7. The van der Waals surface area contributed by atoms with Gasteiger partial charge in [-0.2, -0.15) is 5.21 Å². The van der Waals surface area contributed by atoms with Gasteiger partial charge in [0.2, 0.25) is 5.82 Å². The minimum Gasteiger partial charge on any atom is -0.345 e. The van der Waals surface area contributed by atoms with Crippen molar-refractivity contribution in [3.05, 3.63) is 101 Å². The van der Waals surface area contributed by atoms with Gasteiger partial charge in [-0.15, -0.1) is 10.2 Å². The Bertz CT molecular complexity index is 1890. The zero-order chi connectivity index (χ0) is 29.4. The normalized spacial score (nSPS) is 11.3. The Morgan fingerprint density at radius 2 is 1.57 bits per heavy atom. The second-order valence-corrected chi connectivity index (χ2v) is 10.7. The predicted octanol–water partition coefficient (Wildman–Crippen LogP) is 5.87. The summed E-state index contributed by atoms with van der Waals surface area (Å²) in [7, 11) is 3.51. The number of nitrogens with one attached hydrogen (secondary N) is 1.